The maximum absolute atomic E-state index is 6.26. The Labute approximate surface area is 204 Å². The molecule has 1 spiro atoms. The number of pyridine rings is 1. The van der Waals surface area contributed by atoms with E-state index in [4.69, 9.17) is 9.47 Å². The highest BCUT2D eigenvalue weighted by atomic mass is 16.5. The molecule has 1 aliphatic carbocycles. The lowest BCUT2D eigenvalue weighted by atomic mass is 9.84. The van der Waals surface area contributed by atoms with Crippen LogP contribution in [0, 0.1) is 19.3 Å². The standard InChI is InChI=1S/C26H31N7O2/c1-17-10-23(29-18(2)28-17)30-24-12-20-11-19(6-9-33(20)31-24)25-22(14-27-32(25)3)34-15-21-13-26(16-35-21)7-4-5-8-26/h6,9-12,14,21H,4-5,7-8,13,15-16H2,1-3H3,(H,28,29,30,31). The maximum atomic E-state index is 6.26. The normalized spacial score (nSPS) is 19.1. The van der Waals surface area contributed by atoms with Gasteiger partial charge in [-0.1, -0.05) is 12.8 Å². The van der Waals surface area contributed by atoms with E-state index >= 15 is 0 Å². The van der Waals surface area contributed by atoms with Crippen molar-refractivity contribution >= 4 is 17.2 Å². The highest BCUT2D eigenvalue weighted by Gasteiger charge is 2.42. The number of fused-ring (bicyclic) bond motifs is 1. The lowest BCUT2D eigenvalue weighted by Gasteiger charge is -2.19. The van der Waals surface area contributed by atoms with Crippen LogP contribution >= 0.6 is 0 Å². The molecule has 9 nitrogen and oxygen atoms in total. The number of ether oxygens (including phenoxy) is 2. The number of hydrogen-bond donors (Lipinski definition) is 1. The van der Waals surface area contributed by atoms with Gasteiger partial charge in [0.1, 0.15) is 23.9 Å². The Morgan fingerprint density at radius 2 is 2.00 bits per heavy atom. The molecule has 0 bridgehead atoms. The highest BCUT2D eigenvalue weighted by Crippen LogP contribution is 2.46. The van der Waals surface area contributed by atoms with Gasteiger partial charge in [-0.2, -0.15) is 10.2 Å². The molecule has 35 heavy (non-hydrogen) atoms. The second-order valence-corrected chi connectivity index (χ2v) is 10.0. The van der Waals surface area contributed by atoms with Crippen LogP contribution in [0.2, 0.25) is 0 Å². The first-order valence-electron chi connectivity index (χ1n) is 12.3. The molecule has 4 aromatic rings. The molecule has 2 fully saturated rings. The van der Waals surface area contributed by atoms with E-state index in [-0.39, 0.29) is 6.10 Å². The Morgan fingerprint density at radius 1 is 1.14 bits per heavy atom. The van der Waals surface area contributed by atoms with Gasteiger partial charge in [0.15, 0.2) is 11.6 Å². The second-order valence-electron chi connectivity index (χ2n) is 10.0. The fourth-order valence-corrected chi connectivity index (χ4v) is 5.63. The van der Waals surface area contributed by atoms with E-state index in [1.54, 1.807) is 6.20 Å². The summed E-state index contributed by atoms with van der Waals surface area (Å²) in [7, 11) is 1.94. The Morgan fingerprint density at radius 3 is 2.83 bits per heavy atom. The van der Waals surface area contributed by atoms with Crippen molar-refractivity contribution in [2.24, 2.45) is 12.5 Å². The summed E-state index contributed by atoms with van der Waals surface area (Å²) in [6.45, 7) is 5.27. The molecule has 5 heterocycles. The number of rotatable bonds is 6. The first-order chi connectivity index (χ1) is 17.0. The average Bonchev–Trinajstić information content (AvgIpc) is 3.59. The SMILES string of the molecule is Cc1cc(Nc2cc3cc(-c4c(OCC5CC6(CCCC6)CO5)cnn4C)ccn3n2)nc(C)n1. The summed E-state index contributed by atoms with van der Waals surface area (Å²) in [4.78, 5) is 8.78. The third kappa shape index (κ3) is 4.36. The molecular formula is C26H31N7O2. The first kappa shape index (κ1) is 22.0. The minimum Gasteiger partial charge on any atom is -0.487 e. The summed E-state index contributed by atoms with van der Waals surface area (Å²) in [6, 6.07) is 8.04. The third-order valence-corrected chi connectivity index (χ3v) is 7.24. The van der Waals surface area contributed by atoms with Gasteiger partial charge in [0.2, 0.25) is 0 Å². The molecule has 1 atom stereocenters. The molecule has 0 amide bonds. The summed E-state index contributed by atoms with van der Waals surface area (Å²) in [6.07, 6.45) is 10.2. The summed E-state index contributed by atoms with van der Waals surface area (Å²) < 4.78 is 16.1. The summed E-state index contributed by atoms with van der Waals surface area (Å²) in [5, 5.41) is 12.4. The Hall–Kier alpha value is -3.46. The van der Waals surface area contributed by atoms with Crippen molar-refractivity contribution in [3.05, 3.63) is 48.2 Å². The van der Waals surface area contributed by atoms with Gasteiger partial charge < -0.3 is 14.8 Å². The molecule has 182 valence electrons. The minimum absolute atomic E-state index is 0.154. The van der Waals surface area contributed by atoms with Crippen molar-refractivity contribution in [2.75, 3.05) is 18.5 Å². The van der Waals surface area contributed by atoms with Crippen LogP contribution < -0.4 is 10.1 Å². The first-order valence-corrected chi connectivity index (χ1v) is 12.3. The fraction of sp³-hybridized carbons (Fsp3) is 0.462. The lowest BCUT2D eigenvalue weighted by Crippen LogP contribution is -2.19. The van der Waals surface area contributed by atoms with E-state index in [0.29, 0.717) is 12.0 Å². The topological polar surface area (TPSA) is 91.4 Å². The molecule has 9 heteroatoms. The van der Waals surface area contributed by atoms with E-state index < -0.39 is 0 Å². The minimum atomic E-state index is 0.154. The van der Waals surface area contributed by atoms with Crippen LogP contribution in [0.3, 0.4) is 0 Å². The second kappa shape index (κ2) is 8.64. The van der Waals surface area contributed by atoms with Gasteiger partial charge in [-0.05, 0) is 50.7 Å². The van der Waals surface area contributed by atoms with Gasteiger partial charge in [-0.3, -0.25) is 4.68 Å². The van der Waals surface area contributed by atoms with Crippen LogP contribution in [0.25, 0.3) is 16.8 Å². The van der Waals surface area contributed by atoms with E-state index in [9.17, 15) is 0 Å². The van der Waals surface area contributed by atoms with E-state index in [0.717, 1.165) is 58.7 Å². The largest absolute Gasteiger partial charge is 0.487 e. The van der Waals surface area contributed by atoms with Crippen molar-refractivity contribution in [2.45, 2.75) is 52.1 Å². The van der Waals surface area contributed by atoms with E-state index in [1.165, 1.54) is 25.7 Å². The molecule has 1 N–H and O–H groups in total. The summed E-state index contributed by atoms with van der Waals surface area (Å²) in [5.41, 5.74) is 4.23. The van der Waals surface area contributed by atoms with Crippen molar-refractivity contribution in [1.82, 2.24) is 29.4 Å². The molecule has 1 unspecified atom stereocenters. The molecule has 2 aliphatic rings. The molecule has 1 saturated heterocycles. The highest BCUT2D eigenvalue weighted by molar-refractivity contribution is 5.72. The quantitative estimate of drug-likeness (QED) is 0.437. The van der Waals surface area contributed by atoms with Gasteiger partial charge in [0, 0.05) is 36.6 Å². The predicted octanol–water partition coefficient (Wildman–Crippen LogP) is 4.61. The lowest BCUT2D eigenvalue weighted by molar-refractivity contribution is 0.0609. The van der Waals surface area contributed by atoms with Crippen LogP contribution in [0.1, 0.15) is 43.6 Å². The zero-order valence-corrected chi connectivity index (χ0v) is 20.5. The monoisotopic (exact) mass is 473 g/mol. The molecule has 0 aromatic carbocycles. The van der Waals surface area contributed by atoms with Crippen LogP contribution in [-0.4, -0.2) is 48.7 Å². The van der Waals surface area contributed by atoms with Gasteiger partial charge in [-0.25, -0.2) is 14.5 Å². The van der Waals surface area contributed by atoms with Crippen LogP contribution in [-0.2, 0) is 11.8 Å². The van der Waals surface area contributed by atoms with Gasteiger partial charge >= 0.3 is 0 Å². The van der Waals surface area contributed by atoms with Gasteiger partial charge in [-0.15, -0.1) is 0 Å². The van der Waals surface area contributed by atoms with Crippen molar-refractivity contribution in [3.63, 3.8) is 0 Å². The molecule has 1 saturated carbocycles. The zero-order chi connectivity index (χ0) is 24.0. The van der Waals surface area contributed by atoms with E-state index in [2.05, 4.69) is 31.5 Å². The number of aromatic nitrogens is 6. The molecular weight excluding hydrogens is 442 g/mol. The summed E-state index contributed by atoms with van der Waals surface area (Å²) >= 11 is 0. The third-order valence-electron chi connectivity index (χ3n) is 7.24. The number of nitrogens with zero attached hydrogens (tertiary/aromatic N) is 6. The number of aryl methyl sites for hydroxylation is 3. The smallest absolute Gasteiger partial charge is 0.165 e. The zero-order valence-electron chi connectivity index (χ0n) is 20.5. The van der Waals surface area contributed by atoms with Gasteiger partial charge in [0.25, 0.3) is 0 Å². The van der Waals surface area contributed by atoms with E-state index in [1.807, 2.05) is 54.5 Å². The van der Waals surface area contributed by atoms with Gasteiger partial charge in [0.05, 0.1) is 24.4 Å². The van der Waals surface area contributed by atoms with Crippen molar-refractivity contribution in [3.8, 4) is 17.0 Å². The predicted molar refractivity (Wildman–Crippen MR) is 133 cm³/mol. The number of anilines is 2. The Kier molecular flexibility index (Phi) is 5.44. The maximum Gasteiger partial charge on any atom is 0.165 e. The van der Waals surface area contributed by atoms with Crippen molar-refractivity contribution in [1.29, 1.82) is 0 Å². The van der Waals surface area contributed by atoms with Crippen LogP contribution in [0.15, 0.2) is 36.7 Å². The van der Waals surface area contributed by atoms with Crippen LogP contribution in [0.4, 0.5) is 11.6 Å². The summed E-state index contributed by atoms with van der Waals surface area (Å²) in [5.74, 6) is 2.95. The van der Waals surface area contributed by atoms with Crippen LogP contribution in [0.5, 0.6) is 5.75 Å². The number of hydrogen-bond acceptors (Lipinski definition) is 7. The average molecular weight is 474 g/mol. The van der Waals surface area contributed by atoms with Crippen molar-refractivity contribution < 1.29 is 9.47 Å². The Bertz CT molecular complexity index is 1350. The number of nitrogens with one attached hydrogen (secondary N) is 1. The molecule has 0 radical (unpaired) electrons. The fourth-order valence-electron chi connectivity index (χ4n) is 5.63. The molecule has 1 aliphatic heterocycles. The molecule has 6 rings (SSSR count). The molecule has 4 aromatic heterocycles. The Balaban J connectivity index is 1.20.